The number of morpholine rings is 1. The Labute approximate surface area is 207 Å². The largest absolute Gasteiger partial charge is 0.466 e. The Morgan fingerprint density at radius 3 is 2.81 bits per heavy atom. The van der Waals surface area contributed by atoms with Crippen LogP contribution in [0.2, 0.25) is 5.02 Å². The van der Waals surface area contributed by atoms with E-state index < -0.39 is 0 Å². The molecule has 0 aliphatic carbocycles. The van der Waals surface area contributed by atoms with Crippen LogP contribution in [-0.2, 0) is 14.3 Å². The first-order chi connectivity index (χ1) is 14.6. The molecule has 2 heterocycles. The summed E-state index contributed by atoms with van der Waals surface area (Å²) in [4.78, 5) is 21.3. The van der Waals surface area contributed by atoms with E-state index in [0.29, 0.717) is 19.7 Å². The van der Waals surface area contributed by atoms with Crippen LogP contribution in [0.25, 0.3) is 0 Å². The SMILES string of the molecule is CCOC(=O)C1CCCN(C(=NC)NCC(c2cccc(Cl)c2)N2CCOCC2)C1.I. The second-order valence-electron chi connectivity index (χ2n) is 7.68. The maximum absolute atomic E-state index is 12.2. The Balaban J connectivity index is 0.00000341. The molecular weight excluding hydrogens is 531 g/mol. The molecule has 1 aromatic carbocycles. The van der Waals surface area contributed by atoms with Crippen LogP contribution in [0.3, 0.4) is 0 Å². The number of carbonyl (C=O) groups is 1. The van der Waals surface area contributed by atoms with Gasteiger partial charge in [0.1, 0.15) is 0 Å². The number of aliphatic imine (C=N–C) groups is 1. The molecule has 0 radical (unpaired) electrons. The molecule has 2 aliphatic rings. The zero-order valence-corrected chi connectivity index (χ0v) is 21.5. The van der Waals surface area contributed by atoms with Gasteiger partial charge in [0.2, 0.25) is 0 Å². The molecule has 9 heteroatoms. The molecule has 2 aliphatic heterocycles. The van der Waals surface area contributed by atoms with Gasteiger partial charge < -0.3 is 19.7 Å². The van der Waals surface area contributed by atoms with Crippen LogP contribution < -0.4 is 5.32 Å². The molecule has 174 valence electrons. The molecule has 0 amide bonds. The highest BCUT2D eigenvalue weighted by atomic mass is 127. The molecule has 0 bridgehead atoms. The summed E-state index contributed by atoms with van der Waals surface area (Å²) in [5, 5.41) is 4.28. The van der Waals surface area contributed by atoms with Gasteiger partial charge in [-0.15, -0.1) is 24.0 Å². The number of likely N-dealkylation sites (tertiary alicyclic amines) is 1. The van der Waals surface area contributed by atoms with Crippen molar-refractivity contribution in [3.63, 3.8) is 0 Å². The summed E-state index contributed by atoms with van der Waals surface area (Å²) in [6, 6.07) is 8.21. The van der Waals surface area contributed by atoms with Crippen LogP contribution in [0.1, 0.15) is 31.4 Å². The summed E-state index contributed by atoms with van der Waals surface area (Å²) in [7, 11) is 1.79. The first-order valence-corrected chi connectivity index (χ1v) is 11.2. The van der Waals surface area contributed by atoms with Crippen LogP contribution >= 0.6 is 35.6 Å². The van der Waals surface area contributed by atoms with Crippen molar-refractivity contribution in [2.24, 2.45) is 10.9 Å². The van der Waals surface area contributed by atoms with Crippen LogP contribution in [0, 0.1) is 5.92 Å². The minimum absolute atomic E-state index is 0. The Morgan fingerprint density at radius 2 is 2.13 bits per heavy atom. The van der Waals surface area contributed by atoms with E-state index >= 15 is 0 Å². The van der Waals surface area contributed by atoms with Crippen molar-refractivity contribution in [2.45, 2.75) is 25.8 Å². The zero-order valence-electron chi connectivity index (χ0n) is 18.4. The zero-order chi connectivity index (χ0) is 21.3. The van der Waals surface area contributed by atoms with Crippen molar-refractivity contribution in [3.8, 4) is 0 Å². The average molecular weight is 565 g/mol. The number of nitrogens with zero attached hydrogens (tertiary/aromatic N) is 3. The van der Waals surface area contributed by atoms with E-state index in [-0.39, 0.29) is 41.9 Å². The van der Waals surface area contributed by atoms with Crippen molar-refractivity contribution in [1.29, 1.82) is 0 Å². The van der Waals surface area contributed by atoms with Gasteiger partial charge in [-0.3, -0.25) is 14.7 Å². The predicted octanol–water partition coefficient (Wildman–Crippen LogP) is 3.18. The van der Waals surface area contributed by atoms with Gasteiger partial charge in [0.15, 0.2) is 5.96 Å². The molecule has 31 heavy (non-hydrogen) atoms. The molecule has 2 unspecified atom stereocenters. The van der Waals surface area contributed by atoms with Crippen molar-refractivity contribution in [3.05, 3.63) is 34.9 Å². The number of guanidine groups is 1. The number of rotatable bonds is 6. The van der Waals surface area contributed by atoms with Gasteiger partial charge in [0, 0.05) is 44.8 Å². The summed E-state index contributed by atoms with van der Waals surface area (Å²) < 4.78 is 10.8. The number of halogens is 2. The monoisotopic (exact) mass is 564 g/mol. The highest BCUT2D eigenvalue weighted by Gasteiger charge is 2.29. The van der Waals surface area contributed by atoms with Gasteiger partial charge in [-0.25, -0.2) is 0 Å². The Morgan fingerprint density at radius 1 is 1.35 bits per heavy atom. The van der Waals surface area contributed by atoms with Crippen molar-refractivity contribution < 1.29 is 14.3 Å². The maximum Gasteiger partial charge on any atom is 0.310 e. The Hall–Kier alpha value is -1.10. The third-order valence-corrected chi connectivity index (χ3v) is 5.96. The third kappa shape index (κ3) is 7.47. The standard InChI is InChI=1S/C22H33ClN4O3.HI/c1-3-30-21(28)18-7-5-9-27(16-18)22(24-2)25-15-20(26-10-12-29-13-11-26)17-6-4-8-19(23)14-17;/h4,6,8,14,18,20H,3,5,7,9-13,15-16H2,1-2H3,(H,24,25);1H. The molecule has 1 aromatic rings. The van der Waals surface area contributed by atoms with E-state index in [2.05, 4.69) is 26.2 Å². The lowest BCUT2D eigenvalue weighted by Crippen LogP contribution is -2.50. The highest BCUT2D eigenvalue weighted by molar-refractivity contribution is 14.0. The van der Waals surface area contributed by atoms with Crippen molar-refractivity contribution in [1.82, 2.24) is 15.1 Å². The van der Waals surface area contributed by atoms with Gasteiger partial charge in [-0.2, -0.15) is 0 Å². The number of hydrogen-bond acceptors (Lipinski definition) is 5. The van der Waals surface area contributed by atoms with E-state index in [0.717, 1.165) is 56.7 Å². The summed E-state index contributed by atoms with van der Waals surface area (Å²) in [6.07, 6.45) is 1.82. The number of piperidine rings is 1. The fraction of sp³-hybridized carbons (Fsp3) is 0.636. The van der Waals surface area contributed by atoms with Crippen molar-refractivity contribution in [2.75, 3.05) is 59.6 Å². The normalized spacial score (nSPS) is 21.2. The number of hydrogen-bond donors (Lipinski definition) is 1. The second-order valence-corrected chi connectivity index (χ2v) is 8.12. The topological polar surface area (TPSA) is 66.4 Å². The predicted molar refractivity (Wildman–Crippen MR) is 134 cm³/mol. The third-order valence-electron chi connectivity index (χ3n) is 5.73. The summed E-state index contributed by atoms with van der Waals surface area (Å²) in [5.41, 5.74) is 1.18. The van der Waals surface area contributed by atoms with Crippen molar-refractivity contribution >= 4 is 47.5 Å². The lowest BCUT2D eigenvalue weighted by atomic mass is 9.98. The van der Waals surface area contributed by atoms with Crippen LogP contribution in [-0.4, -0.2) is 81.3 Å². The van der Waals surface area contributed by atoms with Gasteiger partial charge in [0.05, 0.1) is 31.8 Å². The minimum Gasteiger partial charge on any atom is -0.466 e. The summed E-state index contributed by atoms with van der Waals surface area (Å²) in [6.45, 7) is 7.72. The molecule has 7 nitrogen and oxygen atoms in total. The average Bonchev–Trinajstić information content (AvgIpc) is 2.78. The minimum atomic E-state index is -0.109. The number of nitrogens with one attached hydrogen (secondary N) is 1. The van der Waals surface area contributed by atoms with E-state index in [9.17, 15) is 4.79 Å². The number of esters is 1. The van der Waals surface area contributed by atoms with E-state index in [1.807, 2.05) is 25.1 Å². The first-order valence-electron chi connectivity index (χ1n) is 10.8. The van der Waals surface area contributed by atoms with E-state index in [1.54, 1.807) is 7.05 Å². The van der Waals surface area contributed by atoms with Gasteiger partial charge >= 0.3 is 5.97 Å². The number of ether oxygens (including phenoxy) is 2. The Bertz CT molecular complexity index is 730. The molecule has 0 aromatic heterocycles. The first kappa shape index (κ1) is 26.2. The number of benzene rings is 1. The summed E-state index contributed by atoms with van der Waals surface area (Å²) >= 11 is 6.27. The molecule has 0 saturated carbocycles. The fourth-order valence-corrected chi connectivity index (χ4v) is 4.40. The van der Waals surface area contributed by atoms with Gasteiger partial charge in [-0.05, 0) is 37.5 Å². The quantitative estimate of drug-likeness (QED) is 0.248. The lowest BCUT2D eigenvalue weighted by Gasteiger charge is -2.37. The molecule has 1 N–H and O–H groups in total. The maximum atomic E-state index is 12.2. The van der Waals surface area contributed by atoms with Crippen LogP contribution in [0.5, 0.6) is 0 Å². The number of carbonyl (C=O) groups excluding carboxylic acids is 1. The smallest absolute Gasteiger partial charge is 0.310 e. The fourth-order valence-electron chi connectivity index (χ4n) is 4.20. The van der Waals surface area contributed by atoms with Gasteiger partial charge in [-0.1, -0.05) is 23.7 Å². The molecule has 0 spiro atoms. The Kier molecular flexibility index (Phi) is 11.3. The molecular formula is C22H34ClIN4O3. The molecule has 2 saturated heterocycles. The van der Waals surface area contributed by atoms with Crippen LogP contribution in [0.4, 0.5) is 0 Å². The van der Waals surface area contributed by atoms with E-state index in [1.165, 1.54) is 5.56 Å². The lowest BCUT2D eigenvalue weighted by molar-refractivity contribution is -0.149. The summed E-state index contributed by atoms with van der Waals surface area (Å²) in [5.74, 6) is 0.618. The van der Waals surface area contributed by atoms with Crippen LogP contribution in [0.15, 0.2) is 29.3 Å². The molecule has 3 rings (SSSR count). The molecule has 2 atom stereocenters. The second kappa shape index (κ2) is 13.4. The highest BCUT2D eigenvalue weighted by Crippen LogP contribution is 2.24. The molecule has 2 fully saturated rings. The van der Waals surface area contributed by atoms with E-state index in [4.69, 9.17) is 21.1 Å². The van der Waals surface area contributed by atoms with Gasteiger partial charge in [0.25, 0.3) is 0 Å².